The van der Waals surface area contributed by atoms with Crippen LogP contribution in [0.5, 0.6) is 0 Å². The molecule has 0 saturated carbocycles. The van der Waals surface area contributed by atoms with Gasteiger partial charge in [0.25, 0.3) is 0 Å². The first kappa shape index (κ1) is 18.2. The molecule has 2 aliphatic rings. The van der Waals surface area contributed by atoms with Gasteiger partial charge in [-0.15, -0.1) is 0 Å². The highest BCUT2D eigenvalue weighted by Gasteiger charge is 2.36. The van der Waals surface area contributed by atoms with Gasteiger partial charge >= 0.3 is 6.18 Å². The average molecular weight is 381 g/mol. The Bertz CT molecular complexity index is 891. The molecule has 0 N–H and O–H groups in total. The highest BCUT2D eigenvalue weighted by atomic mass is 19.4. The van der Waals surface area contributed by atoms with Gasteiger partial charge in [-0.1, -0.05) is 0 Å². The third kappa shape index (κ3) is 3.28. The van der Waals surface area contributed by atoms with Gasteiger partial charge in [0.2, 0.25) is 5.91 Å². The molecule has 2 saturated heterocycles. The number of alkyl halides is 3. The molecular weight excluding hydrogens is 359 g/mol. The number of carbonyl (C=O) groups excluding carboxylic acids is 1. The normalized spacial score (nSPS) is 21.1. The lowest BCUT2D eigenvalue weighted by Crippen LogP contribution is -2.52. The van der Waals surface area contributed by atoms with E-state index in [9.17, 15) is 18.0 Å². The number of aromatic nitrogens is 3. The zero-order valence-electron chi connectivity index (χ0n) is 15.4. The van der Waals surface area contributed by atoms with Gasteiger partial charge in [-0.05, 0) is 39.3 Å². The fraction of sp³-hybridized carbons (Fsp3) is 0.611. The second-order valence-electron chi connectivity index (χ2n) is 7.42. The second kappa shape index (κ2) is 6.47. The lowest BCUT2D eigenvalue weighted by Gasteiger charge is -2.37. The number of hydrogen-bond acceptors (Lipinski definition) is 4. The number of rotatable bonds is 2. The number of amides is 1. The summed E-state index contributed by atoms with van der Waals surface area (Å²) in [5.41, 5.74) is -0.144. The summed E-state index contributed by atoms with van der Waals surface area (Å²) in [4.78, 5) is 21.2. The molecule has 0 bridgehead atoms. The molecule has 27 heavy (non-hydrogen) atoms. The van der Waals surface area contributed by atoms with Crippen molar-refractivity contribution in [1.29, 1.82) is 0 Å². The fourth-order valence-corrected chi connectivity index (χ4v) is 4.26. The van der Waals surface area contributed by atoms with Gasteiger partial charge in [0.15, 0.2) is 5.65 Å². The summed E-state index contributed by atoms with van der Waals surface area (Å²) in [5, 5.41) is 4.18. The summed E-state index contributed by atoms with van der Waals surface area (Å²) in [6, 6.07) is 1.43. The van der Waals surface area contributed by atoms with E-state index in [0.29, 0.717) is 19.1 Å². The maximum atomic E-state index is 13.4. The first-order valence-electron chi connectivity index (χ1n) is 9.18. The van der Waals surface area contributed by atoms with Crippen LogP contribution in [0.2, 0.25) is 0 Å². The zero-order valence-corrected chi connectivity index (χ0v) is 15.4. The van der Waals surface area contributed by atoms with Crippen LogP contribution in [-0.2, 0) is 17.5 Å². The quantitative estimate of drug-likeness (QED) is 0.802. The molecule has 9 heteroatoms. The molecule has 0 spiro atoms. The van der Waals surface area contributed by atoms with Crippen LogP contribution in [0.4, 0.5) is 13.2 Å². The standard InChI is InChI=1S/C18H22F3N5O/c1-11-8-14(18(19,20)21)16-12(2)23-26(17(16)22-11)10-15(27)25-7-6-24-5-3-4-13(24)9-25/h8,13H,3-7,9-10H2,1-2H3. The molecule has 1 unspecified atom stereocenters. The topological polar surface area (TPSA) is 54.3 Å². The minimum atomic E-state index is -4.49. The van der Waals surface area contributed by atoms with E-state index in [-0.39, 0.29) is 34.9 Å². The predicted molar refractivity (Wildman–Crippen MR) is 93.2 cm³/mol. The highest BCUT2D eigenvalue weighted by Crippen LogP contribution is 2.36. The van der Waals surface area contributed by atoms with E-state index in [4.69, 9.17) is 0 Å². The van der Waals surface area contributed by atoms with Crippen LogP contribution in [0, 0.1) is 13.8 Å². The van der Waals surface area contributed by atoms with E-state index in [0.717, 1.165) is 32.0 Å². The van der Waals surface area contributed by atoms with Crippen LogP contribution < -0.4 is 0 Å². The Kier molecular flexibility index (Phi) is 4.37. The minimum absolute atomic E-state index is 0.0264. The molecule has 0 radical (unpaired) electrons. The zero-order chi connectivity index (χ0) is 19.3. The number of hydrogen-bond donors (Lipinski definition) is 0. The van der Waals surface area contributed by atoms with Gasteiger partial charge in [0.05, 0.1) is 16.6 Å². The number of nitrogens with zero attached hydrogens (tertiary/aromatic N) is 5. The van der Waals surface area contributed by atoms with Crippen molar-refractivity contribution < 1.29 is 18.0 Å². The van der Waals surface area contributed by atoms with Crippen molar-refractivity contribution in [3.05, 3.63) is 23.0 Å². The van der Waals surface area contributed by atoms with Crippen molar-refractivity contribution in [1.82, 2.24) is 24.6 Å². The Balaban J connectivity index is 1.62. The SMILES string of the molecule is Cc1cc(C(F)(F)F)c2c(C)nn(CC(=O)N3CCN4CCCC4C3)c2n1. The Labute approximate surface area is 154 Å². The molecule has 146 valence electrons. The first-order valence-corrected chi connectivity index (χ1v) is 9.18. The van der Waals surface area contributed by atoms with E-state index < -0.39 is 11.7 Å². The van der Waals surface area contributed by atoms with Crippen LogP contribution >= 0.6 is 0 Å². The molecule has 4 rings (SSSR count). The number of piperazine rings is 1. The summed E-state index contributed by atoms with van der Waals surface area (Å²) >= 11 is 0. The number of fused-ring (bicyclic) bond motifs is 2. The van der Waals surface area contributed by atoms with Crippen LogP contribution in [-0.4, -0.2) is 62.7 Å². The largest absolute Gasteiger partial charge is 0.417 e. The molecule has 2 aromatic heterocycles. The molecule has 4 heterocycles. The van der Waals surface area contributed by atoms with E-state index in [1.807, 2.05) is 0 Å². The van der Waals surface area contributed by atoms with Gasteiger partial charge in [0.1, 0.15) is 6.54 Å². The van der Waals surface area contributed by atoms with E-state index in [1.165, 1.54) is 18.5 Å². The van der Waals surface area contributed by atoms with E-state index in [2.05, 4.69) is 15.0 Å². The van der Waals surface area contributed by atoms with E-state index >= 15 is 0 Å². The van der Waals surface area contributed by atoms with Gasteiger partial charge < -0.3 is 4.90 Å². The molecule has 1 atom stereocenters. The Morgan fingerprint density at radius 3 is 2.78 bits per heavy atom. The smallest absolute Gasteiger partial charge is 0.338 e. The average Bonchev–Trinajstić information content (AvgIpc) is 3.17. The number of carbonyl (C=O) groups is 1. The summed E-state index contributed by atoms with van der Waals surface area (Å²) in [6.07, 6.45) is -2.25. The molecule has 0 aromatic carbocycles. The molecular formula is C18H22F3N5O. The third-order valence-electron chi connectivity index (χ3n) is 5.54. The monoisotopic (exact) mass is 381 g/mol. The Morgan fingerprint density at radius 1 is 1.26 bits per heavy atom. The molecule has 1 amide bonds. The molecule has 2 aromatic rings. The van der Waals surface area contributed by atoms with Crippen molar-refractivity contribution in [2.45, 2.75) is 45.5 Å². The molecule has 6 nitrogen and oxygen atoms in total. The summed E-state index contributed by atoms with van der Waals surface area (Å²) in [7, 11) is 0. The second-order valence-corrected chi connectivity index (χ2v) is 7.42. The molecule has 2 fully saturated rings. The van der Waals surface area contributed by atoms with Crippen molar-refractivity contribution in [3.8, 4) is 0 Å². The molecule has 2 aliphatic heterocycles. The van der Waals surface area contributed by atoms with Gasteiger partial charge in [-0.3, -0.25) is 9.69 Å². The van der Waals surface area contributed by atoms with Crippen LogP contribution in [0.15, 0.2) is 6.07 Å². The predicted octanol–water partition coefficient (Wildman–Crippen LogP) is 2.37. The summed E-state index contributed by atoms with van der Waals surface area (Å²) in [6.45, 7) is 6.20. The molecule has 0 aliphatic carbocycles. The van der Waals surface area contributed by atoms with Crippen LogP contribution in [0.3, 0.4) is 0 Å². The summed E-state index contributed by atoms with van der Waals surface area (Å²) in [5.74, 6) is -0.122. The summed E-state index contributed by atoms with van der Waals surface area (Å²) < 4.78 is 41.6. The van der Waals surface area contributed by atoms with Gasteiger partial charge in [0, 0.05) is 31.4 Å². The lowest BCUT2D eigenvalue weighted by molar-refractivity contribution is -0.136. The number of aryl methyl sites for hydroxylation is 2. The van der Waals surface area contributed by atoms with Crippen LogP contribution in [0.1, 0.15) is 29.8 Å². The third-order valence-corrected chi connectivity index (χ3v) is 5.54. The van der Waals surface area contributed by atoms with Crippen molar-refractivity contribution in [3.63, 3.8) is 0 Å². The maximum Gasteiger partial charge on any atom is 0.417 e. The van der Waals surface area contributed by atoms with Crippen molar-refractivity contribution in [2.75, 3.05) is 26.2 Å². The minimum Gasteiger partial charge on any atom is -0.338 e. The Morgan fingerprint density at radius 2 is 2.04 bits per heavy atom. The first-order chi connectivity index (χ1) is 12.7. The van der Waals surface area contributed by atoms with Crippen molar-refractivity contribution >= 4 is 16.9 Å². The van der Waals surface area contributed by atoms with Gasteiger partial charge in [-0.2, -0.15) is 18.3 Å². The van der Waals surface area contributed by atoms with E-state index in [1.54, 1.807) is 4.90 Å². The highest BCUT2D eigenvalue weighted by molar-refractivity contribution is 5.85. The number of halogens is 3. The lowest BCUT2D eigenvalue weighted by atomic mass is 10.1. The van der Waals surface area contributed by atoms with Crippen LogP contribution in [0.25, 0.3) is 11.0 Å². The fourth-order valence-electron chi connectivity index (χ4n) is 4.26. The van der Waals surface area contributed by atoms with Gasteiger partial charge in [-0.25, -0.2) is 9.67 Å². The van der Waals surface area contributed by atoms with Crippen molar-refractivity contribution in [2.24, 2.45) is 0 Å². The maximum absolute atomic E-state index is 13.4. The number of pyridine rings is 1. The Hall–Kier alpha value is -2.16.